The van der Waals surface area contributed by atoms with Gasteiger partial charge in [-0.2, -0.15) is 0 Å². The Morgan fingerprint density at radius 2 is 1.88 bits per heavy atom. The number of allylic oxidation sites excluding steroid dienone is 2. The summed E-state index contributed by atoms with van der Waals surface area (Å²) in [5.41, 5.74) is -0.907. The van der Waals surface area contributed by atoms with Crippen LogP contribution in [-0.2, 0) is 19.0 Å². The molecule has 1 heterocycles. The van der Waals surface area contributed by atoms with Crippen molar-refractivity contribution in [3.05, 3.63) is 35.6 Å². The Morgan fingerprint density at radius 3 is 2.46 bits per heavy atom. The molecule has 41 heavy (non-hydrogen) atoms. The Labute approximate surface area is 247 Å². The van der Waals surface area contributed by atoms with Gasteiger partial charge in [0.05, 0.1) is 12.0 Å². The van der Waals surface area contributed by atoms with Crippen molar-refractivity contribution in [2.24, 2.45) is 45.4 Å². The molecule has 0 radical (unpaired) electrons. The lowest BCUT2D eigenvalue weighted by atomic mass is 9.59. The van der Waals surface area contributed by atoms with E-state index in [4.69, 9.17) is 14.2 Å². The second-order valence-electron chi connectivity index (χ2n) is 14.7. The Morgan fingerprint density at radius 1 is 1.20 bits per heavy atom. The number of ether oxygens (including phenoxy) is 3. The molecule has 228 valence electrons. The number of ketones is 1. The molecule has 4 fully saturated rings. The van der Waals surface area contributed by atoms with Crippen LogP contribution < -0.4 is 0 Å². The van der Waals surface area contributed by atoms with E-state index >= 15 is 0 Å². The Kier molecular flexibility index (Phi) is 8.05. The molecular formula is C35H53NO5. The molecule has 1 spiro atoms. The zero-order valence-electron chi connectivity index (χ0n) is 26.8. The van der Waals surface area contributed by atoms with Gasteiger partial charge in [-0.25, -0.2) is 4.99 Å². The van der Waals surface area contributed by atoms with Gasteiger partial charge in [-0.15, -0.1) is 0 Å². The number of carbonyl (C=O) groups excluding carboxylic acids is 1. The van der Waals surface area contributed by atoms with E-state index < -0.39 is 29.0 Å². The van der Waals surface area contributed by atoms with Gasteiger partial charge in [0.1, 0.15) is 6.10 Å². The van der Waals surface area contributed by atoms with Gasteiger partial charge in [0, 0.05) is 18.5 Å². The van der Waals surface area contributed by atoms with Crippen molar-refractivity contribution in [2.45, 2.75) is 124 Å². The topological polar surface area (TPSA) is 77.4 Å². The average Bonchev–Trinajstić information content (AvgIpc) is 3.18. The Bertz CT molecular complexity index is 1160. The predicted molar refractivity (Wildman–Crippen MR) is 162 cm³/mol. The minimum Gasteiger partial charge on any atom is -0.470 e. The molecule has 0 aromatic carbocycles. The van der Waals surface area contributed by atoms with Gasteiger partial charge in [0.15, 0.2) is 29.2 Å². The third-order valence-electron chi connectivity index (χ3n) is 11.2. The number of nitrogens with zero attached hydrogens (tertiary/aromatic N) is 1. The quantitative estimate of drug-likeness (QED) is 0.222. The fraction of sp³-hybridized carbons (Fsp3) is 0.771. The highest BCUT2D eigenvalue weighted by Crippen LogP contribution is 2.72. The SMILES string of the molecule is C/C=C\N=C(CC)O[C@H]1C(C)=C[C@]23C(=O)[C@@H](C=C4COC(C)(C)O[C@H]4[C@]12O)[C@H]1C(C[C@H]3C)C1(C)C.CC1CCCC1. The number of rotatable bonds is 3. The molecule has 0 aromatic heterocycles. The zero-order valence-corrected chi connectivity index (χ0v) is 26.8. The largest absolute Gasteiger partial charge is 0.470 e. The van der Waals surface area contributed by atoms with Gasteiger partial charge < -0.3 is 19.3 Å². The number of fused-ring (bicyclic) bond motifs is 5. The summed E-state index contributed by atoms with van der Waals surface area (Å²) < 4.78 is 19.1. The summed E-state index contributed by atoms with van der Waals surface area (Å²) >= 11 is 0. The molecule has 6 heteroatoms. The summed E-state index contributed by atoms with van der Waals surface area (Å²) in [6.07, 6.45) is 13.6. The van der Waals surface area contributed by atoms with Gasteiger partial charge in [0.2, 0.25) is 0 Å². The number of Topliss-reactive ketones (excluding diaryl/α,β-unsaturated/α-hetero) is 1. The van der Waals surface area contributed by atoms with Gasteiger partial charge in [-0.1, -0.05) is 78.5 Å². The van der Waals surface area contributed by atoms with E-state index in [1.54, 1.807) is 6.20 Å². The second kappa shape index (κ2) is 10.7. The first-order valence-corrected chi connectivity index (χ1v) is 16.1. The molecule has 1 saturated heterocycles. The van der Waals surface area contributed by atoms with Crippen LogP contribution in [-0.4, -0.2) is 47.0 Å². The van der Waals surface area contributed by atoms with E-state index in [0.29, 0.717) is 24.8 Å². The highest BCUT2D eigenvalue weighted by Gasteiger charge is 2.77. The molecule has 8 atom stereocenters. The Hall–Kier alpha value is -1.76. The highest BCUT2D eigenvalue weighted by molar-refractivity contribution is 5.95. The minimum atomic E-state index is -1.61. The lowest BCUT2D eigenvalue weighted by Gasteiger charge is -2.53. The summed E-state index contributed by atoms with van der Waals surface area (Å²) in [6.45, 7) is 18.9. The van der Waals surface area contributed by atoms with E-state index in [2.05, 4.69) is 38.8 Å². The summed E-state index contributed by atoms with van der Waals surface area (Å²) in [7, 11) is 0. The van der Waals surface area contributed by atoms with Gasteiger partial charge in [-0.3, -0.25) is 4.79 Å². The lowest BCUT2D eigenvalue weighted by molar-refractivity contribution is -0.302. The summed E-state index contributed by atoms with van der Waals surface area (Å²) in [4.78, 5) is 19.1. The first-order valence-electron chi connectivity index (χ1n) is 16.1. The molecular weight excluding hydrogens is 514 g/mol. The molecule has 2 bridgehead atoms. The smallest absolute Gasteiger partial charge is 0.188 e. The van der Waals surface area contributed by atoms with E-state index in [-0.39, 0.29) is 29.0 Å². The van der Waals surface area contributed by atoms with Crippen molar-refractivity contribution in [3.63, 3.8) is 0 Å². The van der Waals surface area contributed by atoms with E-state index in [9.17, 15) is 9.90 Å². The number of carbonyl (C=O) groups is 1. The average molecular weight is 568 g/mol. The number of hydrogen-bond donors (Lipinski definition) is 1. The monoisotopic (exact) mass is 567 g/mol. The maximum absolute atomic E-state index is 14.7. The van der Waals surface area contributed by atoms with Gasteiger partial charge >= 0.3 is 0 Å². The normalized spacial score (nSPS) is 42.6. The molecule has 6 rings (SSSR count). The fourth-order valence-corrected chi connectivity index (χ4v) is 8.93. The molecule has 0 amide bonds. The summed E-state index contributed by atoms with van der Waals surface area (Å²) in [5.74, 6) is 1.15. The van der Waals surface area contributed by atoms with Crippen molar-refractivity contribution < 1.29 is 24.1 Å². The molecule has 3 saturated carbocycles. The van der Waals surface area contributed by atoms with Crippen molar-refractivity contribution in [1.29, 1.82) is 0 Å². The predicted octanol–water partition coefficient (Wildman–Crippen LogP) is 7.18. The second-order valence-corrected chi connectivity index (χ2v) is 14.7. The molecule has 1 aliphatic heterocycles. The number of hydrogen-bond acceptors (Lipinski definition) is 6. The highest BCUT2D eigenvalue weighted by atomic mass is 16.7. The molecule has 1 N–H and O–H groups in total. The van der Waals surface area contributed by atoms with Crippen LogP contribution in [0.2, 0.25) is 0 Å². The maximum atomic E-state index is 14.7. The van der Waals surface area contributed by atoms with Crippen molar-refractivity contribution in [2.75, 3.05) is 6.61 Å². The maximum Gasteiger partial charge on any atom is 0.188 e. The molecule has 0 aromatic rings. The van der Waals surface area contributed by atoms with Crippen molar-refractivity contribution in [1.82, 2.24) is 0 Å². The fourth-order valence-electron chi connectivity index (χ4n) is 8.93. The van der Waals surface area contributed by atoms with Crippen molar-refractivity contribution >= 4 is 11.7 Å². The zero-order chi connectivity index (χ0) is 30.0. The third-order valence-corrected chi connectivity index (χ3v) is 11.2. The van der Waals surface area contributed by atoms with Gasteiger partial charge in [-0.05, 0) is 74.3 Å². The van der Waals surface area contributed by atoms with Crippen LogP contribution in [0.5, 0.6) is 0 Å². The number of aliphatic hydroxyl groups is 1. The first-order chi connectivity index (χ1) is 19.2. The first kappa shape index (κ1) is 30.7. The van der Waals surface area contributed by atoms with Crippen LogP contribution >= 0.6 is 0 Å². The summed E-state index contributed by atoms with van der Waals surface area (Å²) in [6, 6.07) is 0. The van der Waals surface area contributed by atoms with Crippen LogP contribution in [0.25, 0.3) is 0 Å². The van der Waals surface area contributed by atoms with Crippen molar-refractivity contribution in [3.8, 4) is 0 Å². The molecule has 6 aliphatic rings. The van der Waals surface area contributed by atoms with Crippen LogP contribution in [0, 0.1) is 40.4 Å². The van der Waals surface area contributed by atoms with Crippen LogP contribution in [0.15, 0.2) is 40.6 Å². The minimum absolute atomic E-state index is 0.0670. The van der Waals surface area contributed by atoms with Crippen LogP contribution in [0.3, 0.4) is 0 Å². The molecule has 5 aliphatic carbocycles. The van der Waals surface area contributed by atoms with E-state index in [1.807, 2.05) is 46.8 Å². The number of aliphatic imine (C=N–C) groups is 1. The van der Waals surface area contributed by atoms with Crippen LogP contribution in [0.1, 0.15) is 101 Å². The van der Waals surface area contributed by atoms with E-state index in [0.717, 1.165) is 23.5 Å². The van der Waals surface area contributed by atoms with Gasteiger partial charge in [0.25, 0.3) is 0 Å². The van der Waals surface area contributed by atoms with E-state index in [1.165, 1.54) is 25.7 Å². The lowest BCUT2D eigenvalue weighted by Crippen LogP contribution is -2.68. The Balaban J connectivity index is 0.000000500. The standard InChI is InChI=1S/C29H41NO5.C6H12/c1-9-11-30-21(10-2)34-24-16(3)14-28-17(4)12-20-22(26(20,5)6)19(23(28)31)13-18-15-33-27(7,8)35-25(18)29(24,28)32;1-6-4-2-3-5-6/h9,11,13-14,17,19-20,22,24-25,32H,10,12,15H2,1-8H3;6H,2-5H2,1H3/b11-9-,30-21?;/t17-,19+,20?,22+,24+,25-,28+,29-;/m1./s1. The molecule has 6 nitrogen and oxygen atoms in total. The van der Waals surface area contributed by atoms with Crippen LogP contribution in [0.4, 0.5) is 0 Å². The molecule has 1 unspecified atom stereocenters. The third kappa shape index (κ3) is 4.80. The summed E-state index contributed by atoms with van der Waals surface area (Å²) in [5, 5.41) is 13.0.